The van der Waals surface area contributed by atoms with Crippen LogP contribution in [0.2, 0.25) is 10.0 Å². The molecule has 0 spiro atoms. The molecule has 0 saturated carbocycles. The lowest BCUT2D eigenvalue weighted by Crippen LogP contribution is -2.52. The van der Waals surface area contributed by atoms with E-state index in [-0.39, 0.29) is 0 Å². The molecule has 8 rings (SSSR count). The predicted molar refractivity (Wildman–Crippen MR) is 188 cm³/mol. The lowest BCUT2D eigenvalue weighted by molar-refractivity contribution is -0.0515. The Morgan fingerprint density at radius 2 is 1.00 bits per heavy atom. The third-order valence-electron chi connectivity index (χ3n) is 10.8. The highest BCUT2D eigenvalue weighted by atomic mass is 35.5. The Kier molecular flexibility index (Phi) is 8.60. The molecule has 2 aromatic heterocycles. The fourth-order valence-corrected chi connectivity index (χ4v) is 8.75. The summed E-state index contributed by atoms with van der Waals surface area (Å²) >= 11 is 14.5. The maximum atomic E-state index is 7.24. The molecule has 2 saturated heterocycles. The minimum absolute atomic E-state index is 0.294. The highest BCUT2D eigenvalue weighted by Crippen LogP contribution is 2.48. The summed E-state index contributed by atoms with van der Waals surface area (Å²) < 4.78 is 22.8. The predicted octanol–water partition coefficient (Wildman–Crippen LogP) is 7.44. The SMILES string of the molecule is COc1nc(-c2cccc(-c3cccc(-c4cc5c(c(OC)n4)[C@@H](N4CC(OC)C4)CC5)c3Cl)c2Cl)cc2c1[C@H](N1CC(OC)C1)CC2. The van der Waals surface area contributed by atoms with Gasteiger partial charge in [-0.2, -0.15) is 0 Å². The fraction of sp³-hybridized carbons (Fsp3) is 0.421. The molecule has 0 amide bonds. The van der Waals surface area contributed by atoms with Crippen LogP contribution in [0.3, 0.4) is 0 Å². The van der Waals surface area contributed by atoms with Gasteiger partial charge in [0.05, 0.1) is 47.9 Å². The van der Waals surface area contributed by atoms with Gasteiger partial charge in [0.1, 0.15) is 0 Å². The minimum atomic E-state index is 0.294. The van der Waals surface area contributed by atoms with Crippen molar-refractivity contribution in [2.24, 2.45) is 0 Å². The lowest BCUT2D eigenvalue weighted by atomic mass is 9.96. The molecule has 2 aliphatic carbocycles. The van der Waals surface area contributed by atoms with E-state index in [4.69, 9.17) is 52.1 Å². The fourth-order valence-electron chi connectivity index (χ4n) is 8.10. The summed E-state index contributed by atoms with van der Waals surface area (Å²) in [5.41, 5.74) is 9.84. The van der Waals surface area contributed by atoms with Crippen LogP contribution < -0.4 is 9.47 Å². The Labute approximate surface area is 291 Å². The van der Waals surface area contributed by atoms with E-state index in [0.717, 1.165) is 85.5 Å². The van der Waals surface area contributed by atoms with Crippen molar-refractivity contribution >= 4 is 23.2 Å². The molecule has 8 nitrogen and oxygen atoms in total. The van der Waals surface area contributed by atoms with Crippen molar-refractivity contribution in [3.05, 3.63) is 80.8 Å². The van der Waals surface area contributed by atoms with Gasteiger partial charge in [0, 0.05) is 85.9 Å². The molecule has 10 heteroatoms. The largest absolute Gasteiger partial charge is 0.481 e. The normalized spacial score (nSPS) is 21.1. The lowest BCUT2D eigenvalue weighted by Gasteiger charge is -2.42. The van der Waals surface area contributed by atoms with Gasteiger partial charge in [0.25, 0.3) is 0 Å². The molecule has 0 N–H and O–H groups in total. The van der Waals surface area contributed by atoms with Gasteiger partial charge in [-0.3, -0.25) is 9.80 Å². The van der Waals surface area contributed by atoms with Gasteiger partial charge in [0.2, 0.25) is 11.8 Å². The van der Waals surface area contributed by atoms with Crippen molar-refractivity contribution in [1.29, 1.82) is 0 Å². The second-order valence-electron chi connectivity index (χ2n) is 13.2. The number of nitrogens with zero attached hydrogens (tertiary/aromatic N) is 4. The zero-order valence-corrected chi connectivity index (χ0v) is 29.3. The maximum absolute atomic E-state index is 7.24. The highest BCUT2D eigenvalue weighted by molar-refractivity contribution is 6.39. The first-order chi connectivity index (χ1) is 23.4. The van der Waals surface area contributed by atoms with Crippen molar-refractivity contribution in [1.82, 2.24) is 19.8 Å². The van der Waals surface area contributed by atoms with E-state index in [1.54, 1.807) is 28.4 Å². The number of hydrogen-bond acceptors (Lipinski definition) is 8. The highest BCUT2D eigenvalue weighted by Gasteiger charge is 2.40. The van der Waals surface area contributed by atoms with Crippen molar-refractivity contribution in [2.75, 3.05) is 54.6 Å². The molecule has 2 aromatic carbocycles. The van der Waals surface area contributed by atoms with Crippen LogP contribution in [0.25, 0.3) is 33.6 Å². The number of aryl methyl sites for hydroxylation is 2. The number of pyridine rings is 2. The molecule has 2 atom stereocenters. The van der Waals surface area contributed by atoms with Gasteiger partial charge in [-0.15, -0.1) is 0 Å². The first-order valence-corrected chi connectivity index (χ1v) is 17.4. The molecular weight excluding hydrogens is 647 g/mol. The number of hydrogen-bond donors (Lipinski definition) is 0. The van der Waals surface area contributed by atoms with Crippen molar-refractivity contribution in [2.45, 2.75) is 50.0 Å². The van der Waals surface area contributed by atoms with Gasteiger partial charge in [-0.1, -0.05) is 59.6 Å². The van der Waals surface area contributed by atoms with Gasteiger partial charge < -0.3 is 18.9 Å². The van der Waals surface area contributed by atoms with E-state index in [1.807, 2.05) is 36.4 Å². The van der Waals surface area contributed by atoms with Gasteiger partial charge >= 0.3 is 0 Å². The van der Waals surface area contributed by atoms with Crippen LogP contribution in [0.1, 0.15) is 47.2 Å². The smallest absolute Gasteiger partial charge is 0.218 e. The van der Waals surface area contributed by atoms with Crippen LogP contribution in [0.15, 0.2) is 48.5 Å². The summed E-state index contributed by atoms with van der Waals surface area (Å²) in [6.07, 6.45) is 4.61. The van der Waals surface area contributed by atoms with E-state index in [9.17, 15) is 0 Å². The minimum Gasteiger partial charge on any atom is -0.481 e. The second-order valence-corrected chi connectivity index (χ2v) is 14.0. The second kappa shape index (κ2) is 12.9. The number of likely N-dealkylation sites (tertiary alicyclic amines) is 2. The zero-order chi connectivity index (χ0) is 33.1. The van der Waals surface area contributed by atoms with Crippen LogP contribution in [0.4, 0.5) is 0 Å². The summed E-state index contributed by atoms with van der Waals surface area (Å²) in [5.74, 6) is 1.33. The molecular formula is C38H40Cl2N4O4. The standard InChI is InChI=1S/C38H40Cl2N4O4/c1-45-23-17-43(18-23)31-13-11-21-15-29(41-37(47-3)33(21)31)27-9-5-7-25(35(27)39)26-8-6-10-28(36(26)40)30-16-22-12-14-32(34(22)38(42-30)48-4)44-19-24(20-44)46-2/h5-10,15-16,23-24,31-32H,11-14,17-20H2,1-4H3/t31-,32+. The number of aromatic nitrogens is 2. The van der Waals surface area contributed by atoms with Crippen molar-refractivity contribution in [3.8, 4) is 45.4 Å². The van der Waals surface area contributed by atoms with Gasteiger partial charge in [0.15, 0.2) is 0 Å². The Balaban J connectivity index is 1.12. The number of methoxy groups -OCH3 is 4. The summed E-state index contributed by atoms with van der Waals surface area (Å²) in [6.45, 7) is 3.73. The molecule has 0 unspecified atom stereocenters. The van der Waals surface area contributed by atoms with E-state index in [1.165, 1.54) is 22.3 Å². The van der Waals surface area contributed by atoms with Crippen LogP contribution in [-0.2, 0) is 22.3 Å². The van der Waals surface area contributed by atoms with Crippen LogP contribution in [0, 0.1) is 0 Å². The molecule has 0 radical (unpaired) electrons. The Bertz CT molecular complexity index is 1740. The number of fused-ring (bicyclic) bond motifs is 2. The Morgan fingerprint density at radius 3 is 1.38 bits per heavy atom. The van der Waals surface area contributed by atoms with Crippen LogP contribution >= 0.6 is 23.2 Å². The summed E-state index contributed by atoms with van der Waals surface area (Å²) in [7, 11) is 6.96. The quantitative estimate of drug-likeness (QED) is 0.180. The van der Waals surface area contributed by atoms with Crippen LogP contribution in [-0.4, -0.2) is 86.6 Å². The molecule has 2 aliphatic heterocycles. The van der Waals surface area contributed by atoms with E-state index in [0.29, 0.717) is 46.1 Å². The molecule has 2 fully saturated rings. The molecule has 4 heterocycles. The number of ether oxygens (including phenoxy) is 4. The zero-order valence-electron chi connectivity index (χ0n) is 27.8. The van der Waals surface area contributed by atoms with Gasteiger partial charge in [-0.05, 0) is 48.9 Å². The summed E-state index contributed by atoms with van der Waals surface area (Å²) in [4.78, 5) is 14.9. The summed E-state index contributed by atoms with van der Waals surface area (Å²) in [5, 5.41) is 1.19. The third-order valence-corrected chi connectivity index (χ3v) is 11.6. The average molecular weight is 688 g/mol. The maximum Gasteiger partial charge on any atom is 0.218 e. The Morgan fingerprint density at radius 1 is 0.604 bits per heavy atom. The average Bonchev–Trinajstić information content (AvgIpc) is 3.68. The molecule has 4 aliphatic rings. The third kappa shape index (κ3) is 5.29. The molecule has 250 valence electrons. The number of rotatable bonds is 9. The van der Waals surface area contributed by atoms with E-state index < -0.39 is 0 Å². The molecule has 48 heavy (non-hydrogen) atoms. The first kappa shape index (κ1) is 32.0. The van der Waals surface area contributed by atoms with E-state index >= 15 is 0 Å². The molecule has 4 aromatic rings. The van der Waals surface area contributed by atoms with Crippen molar-refractivity contribution < 1.29 is 18.9 Å². The monoisotopic (exact) mass is 686 g/mol. The van der Waals surface area contributed by atoms with Crippen molar-refractivity contribution in [3.63, 3.8) is 0 Å². The molecule has 0 bridgehead atoms. The van der Waals surface area contributed by atoms with Crippen LogP contribution in [0.5, 0.6) is 11.8 Å². The first-order valence-electron chi connectivity index (χ1n) is 16.7. The Hall–Kier alpha value is -3.24. The number of benzene rings is 2. The topological polar surface area (TPSA) is 69.2 Å². The summed E-state index contributed by atoms with van der Waals surface area (Å²) in [6, 6.07) is 17.0. The van der Waals surface area contributed by atoms with Gasteiger partial charge in [-0.25, -0.2) is 9.97 Å². The number of halogens is 2. The van der Waals surface area contributed by atoms with E-state index in [2.05, 4.69) is 21.9 Å².